The first-order valence-electron chi connectivity index (χ1n) is 5.51. The van der Waals surface area contributed by atoms with Gasteiger partial charge in [0.2, 0.25) is 0 Å². The van der Waals surface area contributed by atoms with E-state index in [1.165, 1.54) is 0 Å². The Kier molecular flexibility index (Phi) is 4.24. The molecule has 1 unspecified atom stereocenters. The maximum Gasteiger partial charge on any atom is 0.118 e. The summed E-state index contributed by atoms with van der Waals surface area (Å²) in [6.45, 7) is 2.07. The largest absolute Gasteiger partial charge is 0.465 e. The van der Waals surface area contributed by atoms with Crippen LogP contribution in [0.4, 0.5) is 0 Å². The number of hydrogen-bond acceptors (Lipinski definition) is 2. The molecular formula is C13H13BrClNO. The topological polar surface area (TPSA) is 26.0 Å². The van der Waals surface area contributed by atoms with Gasteiger partial charge in [-0.25, -0.2) is 0 Å². The average Bonchev–Trinajstić information content (AvgIpc) is 2.81. The standard InChI is InChI=1S/C13H13BrClNO/c1-2-10-3-4-13(17-10)11(14)7-9-5-6-16-8-12(9)15/h3-6,8,11H,2,7H2,1H3. The van der Waals surface area contributed by atoms with Crippen LogP contribution < -0.4 is 0 Å². The fourth-order valence-corrected chi connectivity index (χ4v) is 2.41. The van der Waals surface area contributed by atoms with E-state index in [0.29, 0.717) is 5.02 Å². The molecule has 0 spiro atoms. The van der Waals surface area contributed by atoms with Crippen molar-refractivity contribution in [3.05, 3.63) is 52.7 Å². The average molecular weight is 315 g/mol. The van der Waals surface area contributed by atoms with E-state index in [1.807, 2.05) is 18.2 Å². The summed E-state index contributed by atoms with van der Waals surface area (Å²) in [5.74, 6) is 1.94. The molecule has 2 heterocycles. The first kappa shape index (κ1) is 12.7. The van der Waals surface area contributed by atoms with Crippen molar-refractivity contribution >= 4 is 27.5 Å². The molecule has 0 fully saturated rings. The lowest BCUT2D eigenvalue weighted by Crippen LogP contribution is -1.95. The van der Waals surface area contributed by atoms with Gasteiger partial charge in [-0.15, -0.1) is 0 Å². The second kappa shape index (κ2) is 5.69. The number of pyridine rings is 1. The molecule has 0 aliphatic rings. The lowest BCUT2D eigenvalue weighted by Gasteiger charge is -2.08. The van der Waals surface area contributed by atoms with Crippen molar-refractivity contribution in [1.29, 1.82) is 0 Å². The second-order valence-corrected chi connectivity index (χ2v) is 5.31. The highest BCUT2D eigenvalue weighted by Gasteiger charge is 2.14. The van der Waals surface area contributed by atoms with Gasteiger partial charge in [0.1, 0.15) is 11.5 Å². The minimum atomic E-state index is 0.141. The minimum Gasteiger partial charge on any atom is -0.465 e. The van der Waals surface area contributed by atoms with E-state index in [2.05, 4.69) is 27.8 Å². The molecule has 0 aliphatic heterocycles. The predicted molar refractivity (Wildman–Crippen MR) is 72.7 cm³/mol. The third-order valence-corrected chi connectivity index (χ3v) is 3.71. The van der Waals surface area contributed by atoms with Crippen molar-refractivity contribution in [3.63, 3.8) is 0 Å². The number of rotatable bonds is 4. The maximum atomic E-state index is 6.07. The second-order valence-electron chi connectivity index (χ2n) is 3.80. The van der Waals surface area contributed by atoms with Crippen molar-refractivity contribution in [2.24, 2.45) is 0 Å². The van der Waals surface area contributed by atoms with Crippen molar-refractivity contribution in [2.45, 2.75) is 24.6 Å². The number of aromatic nitrogens is 1. The Hall–Kier alpha value is -0.800. The van der Waals surface area contributed by atoms with Gasteiger partial charge in [-0.1, -0.05) is 34.5 Å². The molecule has 2 rings (SSSR count). The molecular weight excluding hydrogens is 302 g/mol. The normalized spacial score (nSPS) is 12.6. The molecule has 4 heteroatoms. The van der Waals surface area contributed by atoms with Crippen LogP contribution in [0.15, 0.2) is 35.0 Å². The van der Waals surface area contributed by atoms with Crippen LogP contribution in [0.2, 0.25) is 5.02 Å². The molecule has 0 bridgehead atoms. The molecule has 2 aromatic rings. The smallest absolute Gasteiger partial charge is 0.118 e. The Labute approximate surface area is 114 Å². The molecule has 2 aromatic heterocycles. The van der Waals surface area contributed by atoms with Gasteiger partial charge in [0.15, 0.2) is 0 Å². The Bertz CT molecular complexity index is 498. The molecule has 0 amide bonds. The van der Waals surface area contributed by atoms with Crippen LogP contribution in [0.3, 0.4) is 0 Å². The molecule has 0 aliphatic carbocycles. The summed E-state index contributed by atoms with van der Waals surface area (Å²) in [6.07, 6.45) is 5.12. The Morgan fingerprint density at radius 1 is 1.41 bits per heavy atom. The lowest BCUT2D eigenvalue weighted by atomic mass is 10.1. The van der Waals surface area contributed by atoms with Crippen molar-refractivity contribution in [1.82, 2.24) is 4.98 Å². The molecule has 90 valence electrons. The number of nitrogens with zero attached hydrogens (tertiary/aromatic N) is 1. The van der Waals surface area contributed by atoms with Crippen LogP contribution in [0.5, 0.6) is 0 Å². The number of alkyl halides is 1. The highest BCUT2D eigenvalue weighted by Crippen LogP contribution is 2.30. The zero-order valence-electron chi connectivity index (χ0n) is 9.49. The van der Waals surface area contributed by atoms with Gasteiger partial charge in [-0.05, 0) is 30.2 Å². The number of aryl methyl sites for hydroxylation is 1. The summed E-state index contributed by atoms with van der Waals surface area (Å²) in [6, 6.07) is 5.95. The Morgan fingerprint density at radius 2 is 2.24 bits per heavy atom. The van der Waals surface area contributed by atoms with Crippen LogP contribution in [0, 0.1) is 0 Å². The first-order valence-corrected chi connectivity index (χ1v) is 6.81. The zero-order valence-corrected chi connectivity index (χ0v) is 11.8. The van der Waals surface area contributed by atoms with Gasteiger partial charge in [0, 0.05) is 18.8 Å². The van der Waals surface area contributed by atoms with E-state index < -0.39 is 0 Å². The Balaban J connectivity index is 2.11. The van der Waals surface area contributed by atoms with E-state index in [9.17, 15) is 0 Å². The Morgan fingerprint density at radius 3 is 2.88 bits per heavy atom. The van der Waals surface area contributed by atoms with Crippen molar-refractivity contribution in [3.8, 4) is 0 Å². The van der Waals surface area contributed by atoms with Crippen LogP contribution in [-0.2, 0) is 12.8 Å². The molecule has 0 aromatic carbocycles. The minimum absolute atomic E-state index is 0.141. The third kappa shape index (κ3) is 3.11. The van der Waals surface area contributed by atoms with Crippen LogP contribution in [-0.4, -0.2) is 4.98 Å². The van der Waals surface area contributed by atoms with Gasteiger partial charge in [0.25, 0.3) is 0 Å². The van der Waals surface area contributed by atoms with Crippen LogP contribution >= 0.6 is 27.5 Å². The molecule has 0 N–H and O–H groups in total. The third-order valence-electron chi connectivity index (χ3n) is 2.60. The van der Waals surface area contributed by atoms with E-state index in [-0.39, 0.29) is 4.83 Å². The monoisotopic (exact) mass is 313 g/mol. The summed E-state index contributed by atoms with van der Waals surface area (Å²) in [5, 5.41) is 0.694. The SMILES string of the molecule is CCc1ccc(C(Br)Cc2ccncc2Cl)o1. The molecule has 0 radical (unpaired) electrons. The van der Waals surface area contributed by atoms with Gasteiger partial charge < -0.3 is 4.42 Å². The lowest BCUT2D eigenvalue weighted by molar-refractivity contribution is 0.467. The van der Waals surface area contributed by atoms with E-state index in [1.54, 1.807) is 12.4 Å². The summed E-state index contributed by atoms with van der Waals surface area (Å²) >= 11 is 9.70. The molecule has 0 saturated heterocycles. The molecule has 2 nitrogen and oxygen atoms in total. The first-order chi connectivity index (χ1) is 8.20. The number of hydrogen-bond donors (Lipinski definition) is 0. The van der Waals surface area contributed by atoms with Crippen LogP contribution in [0.25, 0.3) is 0 Å². The molecule has 17 heavy (non-hydrogen) atoms. The number of halogens is 2. The fraction of sp³-hybridized carbons (Fsp3) is 0.308. The van der Waals surface area contributed by atoms with Crippen LogP contribution in [0.1, 0.15) is 28.8 Å². The summed E-state index contributed by atoms with van der Waals surface area (Å²) in [7, 11) is 0. The van der Waals surface area contributed by atoms with E-state index in [4.69, 9.17) is 16.0 Å². The summed E-state index contributed by atoms with van der Waals surface area (Å²) in [5.41, 5.74) is 1.07. The zero-order chi connectivity index (χ0) is 12.3. The number of furan rings is 1. The summed E-state index contributed by atoms with van der Waals surface area (Å²) in [4.78, 5) is 4.11. The van der Waals surface area contributed by atoms with Gasteiger partial charge >= 0.3 is 0 Å². The molecule has 1 atom stereocenters. The van der Waals surface area contributed by atoms with E-state index in [0.717, 1.165) is 29.9 Å². The highest BCUT2D eigenvalue weighted by molar-refractivity contribution is 9.09. The fourth-order valence-electron chi connectivity index (χ4n) is 1.62. The van der Waals surface area contributed by atoms with Crippen molar-refractivity contribution in [2.75, 3.05) is 0 Å². The summed E-state index contributed by atoms with van der Waals surface area (Å²) < 4.78 is 5.70. The predicted octanol–water partition coefficient (Wildman–Crippen LogP) is 4.57. The highest BCUT2D eigenvalue weighted by atomic mass is 79.9. The van der Waals surface area contributed by atoms with Gasteiger partial charge in [-0.2, -0.15) is 0 Å². The van der Waals surface area contributed by atoms with Crippen molar-refractivity contribution < 1.29 is 4.42 Å². The molecule has 0 saturated carbocycles. The van der Waals surface area contributed by atoms with Gasteiger partial charge in [0.05, 0.1) is 9.85 Å². The van der Waals surface area contributed by atoms with E-state index >= 15 is 0 Å². The van der Waals surface area contributed by atoms with Gasteiger partial charge in [-0.3, -0.25) is 4.98 Å². The maximum absolute atomic E-state index is 6.07. The quantitative estimate of drug-likeness (QED) is 0.773.